The number of aromatic nitrogens is 4. The summed E-state index contributed by atoms with van der Waals surface area (Å²) in [6.45, 7) is 10.0. The summed E-state index contributed by atoms with van der Waals surface area (Å²) in [6, 6.07) is 8.01. The maximum Gasteiger partial charge on any atom is 0.229 e. The van der Waals surface area contributed by atoms with Gasteiger partial charge in [0.1, 0.15) is 17.0 Å². The third kappa shape index (κ3) is 4.75. The molecule has 0 saturated carbocycles. The van der Waals surface area contributed by atoms with Crippen LogP contribution in [0.25, 0.3) is 21.3 Å². The lowest BCUT2D eigenvalue weighted by molar-refractivity contribution is -0.120. The Kier molecular flexibility index (Phi) is 6.97. The van der Waals surface area contributed by atoms with Crippen LogP contribution in [0.2, 0.25) is 0 Å². The van der Waals surface area contributed by atoms with Gasteiger partial charge in [0.2, 0.25) is 11.9 Å². The number of para-hydroxylation sites is 2. The Bertz CT molecular complexity index is 1340. The van der Waals surface area contributed by atoms with E-state index in [0.29, 0.717) is 19.2 Å². The number of anilines is 2. The highest BCUT2D eigenvalue weighted by Gasteiger charge is 2.28. The topological polar surface area (TPSA) is 85.2 Å². The molecule has 1 aromatic carbocycles. The van der Waals surface area contributed by atoms with Crippen LogP contribution in [0.5, 0.6) is 0 Å². The standard InChI is InChI=1S/C26H32N6O2S/c1-4-34-15-7-12-32-21-9-6-5-8-20(21)29-26(32)30-24(33)19-10-13-31(14-11-19)23-22-17(2)18(3)35-25(22)28-16-27-23/h5-6,8-9,16,19H,4,7,10-15H2,1-3H3,(H,29,30,33). The van der Waals surface area contributed by atoms with E-state index in [1.807, 2.05) is 31.2 Å². The quantitative estimate of drug-likeness (QED) is 0.351. The molecule has 4 aromatic rings. The second-order valence-electron chi connectivity index (χ2n) is 9.04. The molecule has 4 heterocycles. The number of thiophene rings is 1. The Morgan fingerprint density at radius 1 is 1.20 bits per heavy atom. The van der Waals surface area contributed by atoms with E-state index in [0.717, 1.165) is 66.0 Å². The van der Waals surface area contributed by atoms with Crippen LogP contribution in [-0.4, -0.2) is 51.7 Å². The summed E-state index contributed by atoms with van der Waals surface area (Å²) >= 11 is 1.72. The minimum absolute atomic E-state index is 0.0430. The SMILES string of the molecule is CCOCCCn1c(NC(=O)C2CCN(c3ncnc4sc(C)c(C)c34)CC2)nc2ccccc21. The first kappa shape index (κ1) is 23.7. The lowest BCUT2D eigenvalue weighted by Gasteiger charge is -2.32. The first-order valence-corrected chi connectivity index (χ1v) is 13.2. The highest BCUT2D eigenvalue weighted by atomic mass is 32.1. The van der Waals surface area contributed by atoms with Crippen molar-refractivity contribution in [2.75, 3.05) is 36.5 Å². The van der Waals surface area contributed by atoms with Crippen LogP contribution in [0.1, 0.15) is 36.6 Å². The fourth-order valence-corrected chi connectivity index (χ4v) is 5.83. The van der Waals surface area contributed by atoms with Crippen LogP contribution in [0.4, 0.5) is 11.8 Å². The molecule has 8 nitrogen and oxygen atoms in total. The van der Waals surface area contributed by atoms with Crippen molar-refractivity contribution in [1.82, 2.24) is 19.5 Å². The number of ether oxygens (including phenoxy) is 1. The van der Waals surface area contributed by atoms with Gasteiger partial charge in [-0.15, -0.1) is 11.3 Å². The third-order valence-corrected chi connectivity index (χ3v) is 7.99. The normalized spacial score (nSPS) is 14.8. The molecular weight excluding hydrogens is 460 g/mol. The van der Waals surface area contributed by atoms with Crippen LogP contribution >= 0.6 is 11.3 Å². The summed E-state index contributed by atoms with van der Waals surface area (Å²) in [5.74, 6) is 1.61. The van der Waals surface area contributed by atoms with Gasteiger partial charge in [-0.05, 0) is 57.7 Å². The molecule has 0 atom stereocenters. The molecule has 1 amide bonds. The van der Waals surface area contributed by atoms with Crippen LogP contribution in [0, 0.1) is 19.8 Å². The molecule has 1 saturated heterocycles. The Morgan fingerprint density at radius 2 is 2.00 bits per heavy atom. The van der Waals surface area contributed by atoms with E-state index in [9.17, 15) is 4.79 Å². The number of carbonyl (C=O) groups excluding carboxylic acids is 1. The summed E-state index contributed by atoms with van der Waals surface area (Å²) in [7, 11) is 0. The number of benzene rings is 1. The number of imidazole rings is 1. The number of nitrogens with one attached hydrogen (secondary N) is 1. The molecule has 1 aliphatic rings. The molecule has 0 aliphatic carbocycles. The van der Waals surface area contributed by atoms with Crippen LogP contribution in [-0.2, 0) is 16.1 Å². The highest BCUT2D eigenvalue weighted by Crippen LogP contribution is 2.35. The molecule has 0 spiro atoms. The van der Waals surface area contributed by atoms with Gasteiger partial charge in [-0.25, -0.2) is 15.0 Å². The van der Waals surface area contributed by atoms with E-state index in [2.05, 4.69) is 38.6 Å². The van der Waals surface area contributed by atoms with Crippen molar-refractivity contribution in [3.63, 3.8) is 0 Å². The molecule has 184 valence electrons. The average molecular weight is 493 g/mol. The number of carbonyl (C=O) groups is 1. The van der Waals surface area contributed by atoms with E-state index in [4.69, 9.17) is 9.72 Å². The van der Waals surface area contributed by atoms with Crippen molar-refractivity contribution in [1.29, 1.82) is 0 Å². The van der Waals surface area contributed by atoms with Gasteiger partial charge in [0.25, 0.3) is 0 Å². The van der Waals surface area contributed by atoms with E-state index in [1.165, 1.54) is 10.4 Å². The Labute approximate surface area is 209 Å². The fraction of sp³-hybridized carbons (Fsp3) is 0.462. The van der Waals surface area contributed by atoms with Crippen molar-refractivity contribution in [2.24, 2.45) is 5.92 Å². The monoisotopic (exact) mass is 492 g/mol. The first-order valence-electron chi connectivity index (χ1n) is 12.4. The van der Waals surface area contributed by atoms with E-state index < -0.39 is 0 Å². The first-order chi connectivity index (χ1) is 17.1. The number of amides is 1. The second-order valence-corrected chi connectivity index (χ2v) is 10.2. The molecule has 0 bridgehead atoms. The zero-order valence-corrected chi connectivity index (χ0v) is 21.4. The number of fused-ring (bicyclic) bond motifs is 2. The lowest BCUT2D eigenvalue weighted by Crippen LogP contribution is -2.39. The van der Waals surface area contributed by atoms with Gasteiger partial charge in [0.05, 0.1) is 16.4 Å². The number of nitrogens with zero attached hydrogens (tertiary/aromatic N) is 5. The van der Waals surface area contributed by atoms with Crippen LogP contribution in [0.15, 0.2) is 30.6 Å². The van der Waals surface area contributed by atoms with Gasteiger partial charge in [0.15, 0.2) is 0 Å². The number of hydrogen-bond acceptors (Lipinski definition) is 7. The molecule has 35 heavy (non-hydrogen) atoms. The predicted molar refractivity (Wildman–Crippen MR) is 141 cm³/mol. The summed E-state index contributed by atoms with van der Waals surface area (Å²) in [5.41, 5.74) is 3.18. The zero-order chi connectivity index (χ0) is 24.4. The molecule has 0 unspecified atom stereocenters. The van der Waals surface area contributed by atoms with Crippen molar-refractivity contribution < 1.29 is 9.53 Å². The van der Waals surface area contributed by atoms with E-state index in [1.54, 1.807) is 17.7 Å². The molecule has 5 rings (SSSR count). The molecule has 1 N–H and O–H groups in total. The van der Waals surface area contributed by atoms with Gasteiger partial charge in [-0.2, -0.15) is 0 Å². The zero-order valence-electron chi connectivity index (χ0n) is 20.6. The van der Waals surface area contributed by atoms with Gasteiger partial charge < -0.3 is 14.2 Å². The van der Waals surface area contributed by atoms with Gasteiger partial charge >= 0.3 is 0 Å². The van der Waals surface area contributed by atoms with Crippen molar-refractivity contribution in [3.05, 3.63) is 41.0 Å². The molecular formula is C26H32N6O2S. The van der Waals surface area contributed by atoms with E-state index in [-0.39, 0.29) is 11.8 Å². The smallest absolute Gasteiger partial charge is 0.229 e. The number of piperidine rings is 1. The van der Waals surface area contributed by atoms with Gasteiger partial charge in [-0.1, -0.05) is 12.1 Å². The Balaban J connectivity index is 1.28. The fourth-order valence-electron chi connectivity index (χ4n) is 4.84. The summed E-state index contributed by atoms with van der Waals surface area (Å²) in [4.78, 5) is 31.7. The molecule has 1 aliphatic heterocycles. The minimum atomic E-state index is -0.0504. The second kappa shape index (κ2) is 10.3. The van der Waals surface area contributed by atoms with Gasteiger partial charge in [-0.3, -0.25) is 10.1 Å². The molecule has 9 heteroatoms. The van der Waals surface area contributed by atoms with Gasteiger partial charge in [0, 0.05) is 43.6 Å². The Morgan fingerprint density at radius 3 is 2.80 bits per heavy atom. The lowest BCUT2D eigenvalue weighted by atomic mass is 9.95. The van der Waals surface area contributed by atoms with E-state index >= 15 is 0 Å². The predicted octanol–water partition coefficient (Wildman–Crippen LogP) is 4.94. The largest absolute Gasteiger partial charge is 0.382 e. The average Bonchev–Trinajstić information content (AvgIpc) is 3.37. The highest BCUT2D eigenvalue weighted by molar-refractivity contribution is 7.18. The van der Waals surface area contributed by atoms with Crippen molar-refractivity contribution in [2.45, 2.75) is 46.6 Å². The van der Waals surface area contributed by atoms with Crippen LogP contribution in [0.3, 0.4) is 0 Å². The number of hydrogen-bond donors (Lipinski definition) is 1. The summed E-state index contributed by atoms with van der Waals surface area (Å²) in [5, 5.41) is 4.29. The minimum Gasteiger partial charge on any atom is -0.382 e. The van der Waals surface area contributed by atoms with Crippen molar-refractivity contribution >= 4 is 50.3 Å². The number of rotatable bonds is 8. The van der Waals surface area contributed by atoms with Crippen LogP contribution < -0.4 is 10.2 Å². The summed E-state index contributed by atoms with van der Waals surface area (Å²) in [6.07, 6.45) is 4.08. The number of aryl methyl sites for hydroxylation is 3. The van der Waals surface area contributed by atoms with Crippen molar-refractivity contribution in [3.8, 4) is 0 Å². The third-order valence-electron chi connectivity index (χ3n) is 6.87. The molecule has 0 radical (unpaired) electrons. The maximum atomic E-state index is 13.3. The summed E-state index contributed by atoms with van der Waals surface area (Å²) < 4.78 is 7.61. The molecule has 1 fully saturated rings. The molecule has 3 aromatic heterocycles. The Hall–Kier alpha value is -3.04. The maximum absolute atomic E-state index is 13.3.